The first kappa shape index (κ1) is 30.4. The minimum Gasteiger partial charge on any atom is -0.494 e. The van der Waals surface area contributed by atoms with Crippen molar-refractivity contribution in [1.29, 1.82) is 0 Å². The van der Waals surface area contributed by atoms with E-state index in [-0.39, 0.29) is 29.0 Å². The zero-order valence-electron chi connectivity index (χ0n) is 23.9. The van der Waals surface area contributed by atoms with E-state index in [1.807, 2.05) is 6.92 Å². The van der Waals surface area contributed by atoms with Crippen LogP contribution in [-0.4, -0.2) is 37.1 Å². The Kier molecular flexibility index (Phi) is 8.47. The molecule has 228 valence electrons. The summed E-state index contributed by atoms with van der Waals surface area (Å²) < 4.78 is 66.4. The molecule has 13 heteroatoms. The van der Waals surface area contributed by atoms with E-state index in [4.69, 9.17) is 9.26 Å². The molecule has 0 radical (unpaired) electrons. The van der Waals surface area contributed by atoms with Gasteiger partial charge >= 0.3 is 6.18 Å². The SMILES string of the molecule is CCOc1ccc(-n2c([C@@H](C)N(Cc3cc(C)no3)C(=O)Cc3ccc(F)c(C(F)(F)F)c3)nc3ncccc3c2=O)cc1. The molecular weight excluding hydrogens is 582 g/mol. The smallest absolute Gasteiger partial charge is 0.419 e. The van der Waals surface area contributed by atoms with Crippen LogP contribution < -0.4 is 10.3 Å². The molecule has 5 aromatic rings. The van der Waals surface area contributed by atoms with Gasteiger partial charge in [-0.3, -0.25) is 14.2 Å². The summed E-state index contributed by atoms with van der Waals surface area (Å²) in [5.74, 6) is -1.04. The Morgan fingerprint density at radius 2 is 1.86 bits per heavy atom. The average molecular weight is 610 g/mol. The first-order valence-electron chi connectivity index (χ1n) is 13.6. The van der Waals surface area contributed by atoms with Gasteiger partial charge in [-0.15, -0.1) is 0 Å². The van der Waals surface area contributed by atoms with Crippen LogP contribution in [0.2, 0.25) is 0 Å². The van der Waals surface area contributed by atoms with Gasteiger partial charge in [-0.2, -0.15) is 13.2 Å². The van der Waals surface area contributed by atoms with Gasteiger partial charge in [0.2, 0.25) is 5.91 Å². The first-order valence-corrected chi connectivity index (χ1v) is 13.6. The lowest BCUT2D eigenvalue weighted by Gasteiger charge is -2.30. The van der Waals surface area contributed by atoms with Crippen LogP contribution in [0.5, 0.6) is 5.75 Å². The Hall–Kier alpha value is -5.07. The summed E-state index contributed by atoms with van der Waals surface area (Å²) in [6.45, 7) is 5.47. The summed E-state index contributed by atoms with van der Waals surface area (Å²) >= 11 is 0. The lowest BCUT2D eigenvalue weighted by molar-refractivity contribution is -0.140. The number of aromatic nitrogens is 4. The number of carbonyl (C=O) groups excluding carboxylic acids is 1. The number of halogens is 4. The molecular formula is C31H27F4N5O4. The van der Waals surface area contributed by atoms with Crippen LogP contribution in [0.15, 0.2) is 76.2 Å². The van der Waals surface area contributed by atoms with Crippen LogP contribution in [-0.2, 0) is 23.9 Å². The van der Waals surface area contributed by atoms with E-state index in [2.05, 4.69) is 15.1 Å². The van der Waals surface area contributed by atoms with Crippen molar-refractivity contribution in [1.82, 2.24) is 24.6 Å². The number of hydrogen-bond donors (Lipinski definition) is 0. The summed E-state index contributed by atoms with van der Waals surface area (Å²) in [7, 11) is 0. The van der Waals surface area contributed by atoms with Crippen molar-refractivity contribution >= 4 is 16.9 Å². The monoisotopic (exact) mass is 609 g/mol. The van der Waals surface area contributed by atoms with E-state index >= 15 is 0 Å². The summed E-state index contributed by atoms with van der Waals surface area (Å²) in [5, 5.41) is 4.11. The summed E-state index contributed by atoms with van der Waals surface area (Å²) in [5.41, 5.74) is -0.822. The highest BCUT2D eigenvalue weighted by molar-refractivity contribution is 5.79. The second-order valence-electron chi connectivity index (χ2n) is 10.0. The van der Waals surface area contributed by atoms with Crippen molar-refractivity contribution < 1.29 is 31.6 Å². The number of benzene rings is 2. The molecule has 1 atom stereocenters. The number of nitrogens with zero attached hydrogens (tertiary/aromatic N) is 5. The van der Waals surface area contributed by atoms with Crippen molar-refractivity contribution in [2.24, 2.45) is 0 Å². The fraction of sp³-hybridized carbons (Fsp3) is 0.258. The van der Waals surface area contributed by atoms with Crippen LogP contribution in [0.25, 0.3) is 16.7 Å². The number of rotatable bonds is 9. The maximum atomic E-state index is 14.0. The van der Waals surface area contributed by atoms with Gasteiger partial charge in [-0.25, -0.2) is 14.4 Å². The Labute approximate surface area is 248 Å². The predicted molar refractivity (Wildman–Crippen MR) is 152 cm³/mol. The number of alkyl halides is 3. The molecule has 0 aliphatic heterocycles. The van der Waals surface area contributed by atoms with Crippen molar-refractivity contribution in [3.05, 3.63) is 111 Å². The Morgan fingerprint density at radius 1 is 1.11 bits per heavy atom. The number of pyridine rings is 1. The summed E-state index contributed by atoms with van der Waals surface area (Å²) in [6, 6.07) is 13.0. The molecule has 5 rings (SSSR count). The molecule has 0 N–H and O–H groups in total. The largest absolute Gasteiger partial charge is 0.494 e. The molecule has 0 aliphatic carbocycles. The zero-order valence-corrected chi connectivity index (χ0v) is 23.9. The number of carbonyl (C=O) groups is 1. The molecule has 0 unspecified atom stereocenters. The van der Waals surface area contributed by atoms with Gasteiger partial charge in [0.25, 0.3) is 5.56 Å². The summed E-state index contributed by atoms with van der Waals surface area (Å²) in [4.78, 5) is 37.9. The van der Waals surface area contributed by atoms with Gasteiger partial charge in [0.15, 0.2) is 11.4 Å². The molecule has 9 nitrogen and oxygen atoms in total. The third kappa shape index (κ3) is 6.31. The molecule has 1 amide bonds. The Balaban J connectivity index is 1.61. The van der Waals surface area contributed by atoms with E-state index in [0.717, 1.165) is 6.07 Å². The standard InChI is InChI=1S/C31H27F4N5O4/c1-4-43-22-10-8-21(9-11-22)40-29(37-28-24(30(40)42)6-5-13-36-28)19(3)39(17-23-14-18(2)38-44-23)27(41)16-20-7-12-26(32)25(15-20)31(33,34)35/h5-15,19H,4,16-17H2,1-3H3/t19-/m1/s1. The molecule has 44 heavy (non-hydrogen) atoms. The number of amides is 1. The Morgan fingerprint density at radius 3 is 2.52 bits per heavy atom. The lowest BCUT2D eigenvalue weighted by atomic mass is 10.1. The van der Waals surface area contributed by atoms with E-state index in [9.17, 15) is 27.2 Å². The van der Waals surface area contributed by atoms with Crippen molar-refractivity contribution in [3.63, 3.8) is 0 Å². The fourth-order valence-electron chi connectivity index (χ4n) is 4.84. The molecule has 2 aromatic carbocycles. The normalized spacial score (nSPS) is 12.3. The first-order chi connectivity index (χ1) is 21.0. The highest BCUT2D eigenvalue weighted by Crippen LogP contribution is 2.32. The summed E-state index contributed by atoms with van der Waals surface area (Å²) in [6.07, 6.45) is -3.96. The molecule has 0 fully saturated rings. The maximum Gasteiger partial charge on any atom is 0.419 e. The maximum absolute atomic E-state index is 14.0. The van der Waals surface area contributed by atoms with Crippen molar-refractivity contribution in [3.8, 4) is 11.4 Å². The minimum absolute atomic E-state index is 0.0493. The van der Waals surface area contributed by atoms with Crippen LogP contribution in [0.4, 0.5) is 17.6 Å². The van der Waals surface area contributed by atoms with Gasteiger partial charge in [0, 0.05) is 12.3 Å². The second-order valence-corrected chi connectivity index (χ2v) is 10.0. The van der Waals surface area contributed by atoms with E-state index in [0.29, 0.717) is 41.6 Å². The molecule has 0 aliphatic rings. The topological polar surface area (TPSA) is 103 Å². The minimum atomic E-state index is -4.94. The number of fused-ring (bicyclic) bond motifs is 1. The van der Waals surface area contributed by atoms with E-state index < -0.39 is 41.5 Å². The van der Waals surface area contributed by atoms with Gasteiger partial charge in [0.05, 0.1) is 47.9 Å². The van der Waals surface area contributed by atoms with Gasteiger partial charge in [0.1, 0.15) is 17.4 Å². The van der Waals surface area contributed by atoms with E-state index in [1.165, 1.54) is 15.7 Å². The molecule has 3 aromatic heterocycles. The van der Waals surface area contributed by atoms with Gasteiger partial charge in [-0.05, 0) is 74.9 Å². The third-order valence-electron chi connectivity index (χ3n) is 6.93. The third-order valence-corrected chi connectivity index (χ3v) is 6.93. The molecule has 3 heterocycles. The number of hydrogen-bond acceptors (Lipinski definition) is 7. The van der Waals surface area contributed by atoms with Crippen LogP contribution >= 0.6 is 0 Å². The van der Waals surface area contributed by atoms with Crippen LogP contribution in [0, 0.1) is 12.7 Å². The lowest BCUT2D eigenvalue weighted by Crippen LogP contribution is -2.38. The Bertz CT molecular complexity index is 1870. The number of aryl methyl sites for hydroxylation is 1. The highest BCUT2D eigenvalue weighted by atomic mass is 19.4. The predicted octanol–water partition coefficient (Wildman–Crippen LogP) is 5.97. The molecule has 0 bridgehead atoms. The van der Waals surface area contributed by atoms with Gasteiger partial charge < -0.3 is 14.2 Å². The molecule has 0 saturated carbocycles. The average Bonchev–Trinajstić information content (AvgIpc) is 3.41. The molecule has 0 saturated heterocycles. The molecule has 0 spiro atoms. The zero-order chi connectivity index (χ0) is 31.6. The van der Waals surface area contributed by atoms with Crippen LogP contribution in [0.3, 0.4) is 0 Å². The van der Waals surface area contributed by atoms with Gasteiger partial charge in [-0.1, -0.05) is 11.2 Å². The van der Waals surface area contributed by atoms with Crippen molar-refractivity contribution in [2.45, 2.75) is 46.0 Å². The van der Waals surface area contributed by atoms with Crippen molar-refractivity contribution in [2.75, 3.05) is 6.61 Å². The van der Waals surface area contributed by atoms with Crippen LogP contribution in [0.1, 0.15) is 48.3 Å². The fourth-order valence-corrected chi connectivity index (χ4v) is 4.84. The second kappa shape index (κ2) is 12.3. The van der Waals surface area contributed by atoms with E-state index in [1.54, 1.807) is 56.3 Å². The quantitative estimate of drug-likeness (QED) is 0.190. The number of ether oxygens (including phenoxy) is 1. The highest BCUT2D eigenvalue weighted by Gasteiger charge is 2.35.